The molecule has 6 heteroatoms. The number of fused-ring (bicyclic) bond motifs is 2. The molecule has 0 heterocycles. The summed E-state index contributed by atoms with van der Waals surface area (Å²) in [5.41, 5.74) is 5.66. The van der Waals surface area contributed by atoms with Crippen molar-refractivity contribution in [2.24, 2.45) is 17.1 Å². The lowest BCUT2D eigenvalue weighted by molar-refractivity contribution is -0.304. The molecule has 0 saturated heterocycles. The third-order valence-electron chi connectivity index (χ3n) is 6.68. The maximum atomic E-state index is 10.9. The first-order chi connectivity index (χ1) is 11.6. The monoisotopic (exact) mass is 342 g/mol. The summed E-state index contributed by atoms with van der Waals surface area (Å²) in [6, 6.07) is 8.73. The normalized spacial score (nSPS) is 33.9. The second kappa shape index (κ2) is 6.10. The highest BCUT2D eigenvalue weighted by Crippen LogP contribution is 2.67. The lowest BCUT2D eigenvalue weighted by Crippen LogP contribution is -2.76. The lowest BCUT2D eigenvalue weighted by Gasteiger charge is -2.71. The summed E-state index contributed by atoms with van der Waals surface area (Å²) in [5, 5.41) is 30.5. The van der Waals surface area contributed by atoms with Gasteiger partial charge in [-0.2, -0.15) is 5.26 Å². The van der Waals surface area contributed by atoms with E-state index < -0.39 is 24.4 Å². The molecule has 1 aromatic carbocycles. The van der Waals surface area contributed by atoms with E-state index in [1.165, 1.54) is 0 Å². The highest BCUT2D eigenvalue weighted by Gasteiger charge is 2.71. The zero-order valence-electron chi connectivity index (χ0n) is 15.2. The van der Waals surface area contributed by atoms with Gasteiger partial charge >= 0.3 is 7.12 Å². The average Bonchev–Trinajstić information content (AvgIpc) is 2.56. The molecular weight excluding hydrogens is 315 g/mol. The molecule has 0 aromatic heterocycles. The summed E-state index contributed by atoms with van der Waals surface area (Å²) >= 11 is 0. The summed E-state index contributed by atoms with van der Waals surface area (Å²) in [4.78, 5) is 0. The van der Waals surface area contributed by atoms with Crippen LogP contribution in [-0.2, 0) is 4.65 Å². The Morgan fingerprint density at radius 3 is 2.76 bits per heavy atom. The number of hydrogen-bond acceptors (Lipinski definition) is 5. The number of nitriles is 1. The van der Waals surface area contributed by atoms with Gasteiger partial charge in [-0.15, -0.1) is 0 Å². The molecule has 0 amide bonds. The Bertz CT molecular complexity index is 690. The van der Waals surface area contributed by atoms with Crippen LogP contribution >= 0.6 is 0 Å². The van der Waals surface area contributed by atoms with Crippen molar-refractivity contribution in [2.75, 3.05) is 0 Å². The predicted octanol–water partition coefficient (Wildman–Crippen LogP) is 2.38. The van der Waals surface area contributed by atoms with E-state index in [1.54, 1.807) is 18.2 Å². The topological polar surface area (TPSA) is 99.5 Å². The quantitative estimate of drug-likeness (QED) is 0.714. The van der Waals surface area contributed by atoms with Crippen molar-refractivity contribution in [3.05, 3.63) is 35.4 Å². The highest BCUT2D eigenvalue weighted by atomic mass is 16.6. The largest absolute Gasteiger partial charge is 0.456 e. The van der Waals surface area contributed by atoms with Gasteiger partial charge in [-0.05, 0) is 55.2 Å². The van der Waals surface area contributed by atoms with Gasteiger partial charge in [-0.1, -0.05) is 26.0 Å². The molecule has 1 aromatic rings. The average molecular weight is 342 g/mol. The van der Waals surface area contributed by atoms with E-state index in [-0.39, 0.29) is 11.7 Å². The molecule has 2 bridgehead atoms. The first-order valence-corrected chi connectivity index (χ1v) is 8.97. The molecule has 4 N–H and O–H groups in total. The molecule has 3 saturated carbocycles. The third kappa shape index (κ3) is 2.80. The molecule has 3 fully saturated rings. The van der Waals surface area contributed by atoms with E-state index in [9.17, 15) is 10.1 Å². The standard InChI is InChI=1S/C19H27BN2O3/c1-17(2)15-7-8-18(3,23)19(17,10-15)25-20(24)11-16(22)14-6-4-5-13(9-14)12-21/h4-6,9,15-16,23-24H,7-8,10-11,22H2,1-3H3. The van der Waals surface area contributed by atoms with Crippen molar-refractivity contribution in [1.29, 1.82) is 5.26 Å². The minimum absolute atomic E-state index is 0.180. The molecule has 4 atom stereocenters. The van der Waals surface area contributed by atoms with Crippen molar-refractivity contribution in [1.82, 2.24) is 0 Å². The molecule has 5 nitrogen and oxygen atoms in total. The Labute approximate surface area is 149 Å². The van der Waals surface area contributed by atoms with E-state index in [2.05, 4.69) is 19.9 Å². The number of hydrogen-bond donors (Lipinski definition) is 3. The number of aliphatic hydroxyl groups is 1. The first kappa shape index (κ1) is 18.4. The van der Waals surface area contributed by atoms with Gasteiger partial charge in [0.05, 0.1) is 22.8 Å². The highest BCUT2D eigenvalue weighted by molar-refractivity contribution is 6.43. The van der Waals surface area contributed by atoms with Gasteiger partial charge in [0.1, 0.15) is 0 Å². The fourth-order valence-electron chi connectivity index (χ4n) is 4.90. The molecule has 134 valence electrons. The zero-order chi connectivity index (χ0) is 18.5. The van der Waals surface area contributed by atoms with Gasteiger partial charge in [0, 0.05) is 12.4 Å². The van der Waals surface area contributed by atoms with E-state index >= 15 is 0 Å². The van der Waals surface area contributed by atoms with Crippen LogP contribution in [0.4, 0.5) is 0 Å². The predicted molar refractivity (Wildman–Crippen MR) is 96.4 cm³/mol. The van der Waals surface area contributed by atoms with Gasteiger partial charge in [0.15, 0.2) is 0 Å². The molecule has 3 aliphatic carbocycles. The van der Waals surface area contributed by atoms with Gasteiger partial charge in [0.25, 0.3) is 0 Å². The molecule has 0 radical (unpaired) electrons. The SMILES string of the molecule is CC1(O)CCC2CC1(OB(O)CC(N)c1cccc(C#N)c1)C2(C)C. The van der Waals surface area contributed by atoms with E-state index in [1.807, 2.05) is 13.0 Å². The zero-order valence-corrected chi connectivity index (χ0v) is 15.2. The molecule has 0 spiro atoms. The lowest BCUT2D eigenvalue weighted by atomic mass is 9.40. The minimum Gasteiger partial charge on any atom is -0.427 e. The number of nitrogens with two attached hydrogens (primary N) is 1. The minimum atomic E-state index is -1.06. The summed E-state index contributed by atoms with van der Waals surface area (Å²) in [7, 11) is -1.06. The molecule has 4 unspecified atom stereocenters. The van der Waals surface area contributed by atoms with Crippen LogP contribution in [-0.4, -0.2) is 28.5 Å². The molecule has 4 rings (SSSR count). The van der Waals surface area contributed by atoms with Crippen LogP contribution < -0.4 is 5.73 Å². The fraction of sp³-hybridized carbons (Fsp3) is 0.632. The van der Waals surface area contributed by atoms with Crippen LogP contribution in [0.25, 0.3) is 0 Å². The smallest absolute Gasteiger partial charge is 0.427 e. The summed E-state index contributed by atoms with van der Waals surface area (Å²) < 4.78 is 6.08. The third-order valence-corrected chi connectivity index (χ3v) is 6.68. The number of benzene rings is 1. The van der Waals surface area contributed by atoms with Gasteiger partial charge in [-0.3, -0.25) is 0 Å². The Balaban J connectivity index is 1.72. The fourth-order valence-corrected chi connectivity index (χ4v) is 4.90. The van der Waals surface area contributed by atoms with Crippen LogP contribution in [0.2, 0.25) is 6.32 Å². The van der Waals surface area contributed by atoms with Gasteiger partial charge in [0.2, 0.25) is 0 Å². The van der Waals surface area contributed by atoms with Gasteiger partial charge in [-0.25, -0.2) is 0 Å². The maximum Gasteiger partial charge on any atom is 0.456 e. The maximum absolute atomic E-state index is 10.9. The van der Waals surface area contributed by atoms with Crippen LogP contribution in [0, 0.1) is 22.7 Å². The van der Waals surface area contributed by atoms with E-state index in [0.717, 1.165) is 18.4 Å². The molecule has 25 heavy (non-hydrogen) atoms. The second-order valence-corrected chi connectivity index (χ2v) is 8.41. The van der Waals surface area contributed by atoms with Crippen molar-refractivity contribution in [3.63, 3.8) is 0 Å². The molecular formula is C19H27BN2O3. The second-order valence-electron chi connectivity index (χ2n) is 8.41. The number of nitrogens with zero attached hydrogens (tertiary/aromatic N) is 1. The van der Waals surface area contributed by atoms with Crippen LogP contribution in [0.1, 0.15) is 57.2 Å². The first-order valence-electron chi connectivity index (χ1n) is 8.97. The Hall–Kier alpha value is -1.39. The van der Waals surface area contributed by atoms with Crippen LogP contribution in [0.5, 0.6) is 0 Å². The van der Waals surface area contributed by atoms with Gasteiger partial charge < -0.3 is 20.5 Å². The Morgan fingerprint density at radius 2 is 2.16 bits per heavy atom. The van der Waals surface area contributed by atoms with Crippen LogP contribution in [0.15, 0.2) is 24.3 Å². The number of rotatable bonds is 5. The molecule has 3 aliphatic rings. The van der Waals surface area contributed by atoms with Crippen molar-refractivity contribution >= 4 is 7.12 Å². The summed E-state index contributed by atoms with van der Waals surface area (Å²) in [6.45, 7) is 6.03. The molecule has 0 aliphatic heterocycles. The summed E-state index contributed by atoms with van der Waals surface area (Å²) in [5.74, 6) is 0.515. The summed E-state index contributed by atoms with van der Waals surface area (Å²) in [6.07, 6.45) is 2.66. The van der Waals surface area contributed by atoms with E-state index in [0.29, 0.717) is 17.9 Å². The Kier molecular flexibility index (Phi) is 4.49. The van der Waals surface area contributed by atoms with Crippen molar-refractivity contribution in [3.8, 4) is 6.07 Å². The van der Waals surface area contributed by atoms with Crippen LogP contribution in [0.3, 0.4) is 0 Å². The van der Waals surface area contributed by atoms with E-state index in [4.69, 9.17) is 15.6 Å². The van der Waals surface area contributed by atoms with Crippen molar-refractivity contribution in [2.45, 2.75) is 63.6 Å². The van der Waals surface area contributed by atoms with Crippen molar-refractivity contribution < 1.29 is 14.8 Å². The Morgan fingerprint density at radius 1 is 1.44 bits per heavy atom.